The van der Waals surface area contributed by atoms with Gasteiger partial charge in [-0.3, -0.25) is 4.90 Å². The number of rotatable bonds is 5. The van der Waals surface area contributed by atoms with Gasteiger partial charge in [-0.25, -0.2) is 24.2 Å². The highest BCUT2D eigenvalue weighted by Gasteiger charge is 2.66. The molecule has 0 aliphatic carbocycles. The number of amides is 2. The van der Waals surface area contributed by atoms with E-state index >= 15 is 0 Å². The van der Waals surface area contributed by atoms with E-state index in [4.69, 9.17) is 14.2 Å². The Morgan fingerprint density at radius 1 is 1.12 bits per heavy atom. The van der Waals surface area contributed by atoms with E-state index in [1.54, 1.807) is 0 Å². The second kappa shape index (κ2) is 8.81. The first kappa shape index (κ1) is 23.3. The molecule has 1 spiro atoms. The number of anilines is 1. The van der Waals surface area contributed by atoms with Crippen LogP contribution in [0.15, 0.2) is 40.5 Å². The zero-order valence-electron chi connectivity index (χ0n) is 19.3. The van der Waals surface area contributed by atoms with Gasteiger partial charge in [-0.2, -0.15) is 0 Å². The molecule has 0 radical (unpaired) electrons. The number of nitrogens with one attached hydrogen (secondary N) is 2. The fraction of sp³-hybridized carbons (Fsp3) is 0.435. The molecule has 180 valence electrons. The fourth-order valence-corrected chi connectivity index (χ4v) is 4.99. The van der Waals surface area contributed by atoms with Crippen LogP contribution in [0, 0.1) is 0 Å². The molecule has 2 amide bonds. The van der Waals surface area contributed by atoms with E-state index in [-0.39, 0.29) is 23.5 Å². The molecule has 11 nitrogen and oxygen atoms in total. The average molecular weight is 470 g/mol. The second-order valence-electron chi connectivity index (χ2n) is 8.12. The maximum Gasteiger partial charge on any atom is 0.357 e. The lowest BCUT2D eigenvalue weighted by Gasteiger charge is -2.36. The van der Waals surface area contributed by atoms with Crippen LogP contribution in [-0.2, 0) is 34.0 Å². The minimum absolute atomic E-state index is 0.0336. The fourth-order valence-electron chi connectivity index (χ4n) is 4.99. The summed E-state index contributed by atoms with van der Waals surface area (Å²) in [6.07, 6.45) is 0.759. The number of amidine groups is 1. The van der Waals surface area contributed by atoms with Crippen molar-refractivity contribution < 1.29 is 33.4 Å². The van der Waals surface area contributed by atoms with Crippen LogP contribution in [0.5, 0.6) is 0 Å². The predicted octanol–water partition coefficient (Wildman–Crippen LogP) is 1.10. The van der Waals surface area contributed by atoms with Gasteiger partial charge in [-0.1, -0.05) is 25.1 Å². The van der Waals surface area contributed by atoms with Crippen LogP contribution in [-0.4, -0.2) is 74.6 Å². The molecule has 1 aromatic rings. The number of esters is 3. The van der Waals surface area contributed by atoms with Gasteiger partial charge >= 0.3 is 23.9 Å². The van der Waals surface area contributed by atoms with Crippen molar-refractivity contribution in [2.75, 3.05) is 33.2 Å². The van der Waals surface area contributed by atoms with Crippen LogP contribution >= 0.6 is 0 Å². The van der Waals surface area contributed by atoms with E-state index < -0.39 is 41.4 Å². The minimum Gasteiger partial charge on any atom is -0.467 e. The maximum absolute atomic E-state index is 13.3. The number of urea groups is 1. The molecular weight excluding hydrogens is 444 g/mol. The van der Waals surface area contributed by atoms with E-state index in [0.29, 0.717) is 18.7 Å². The van der Waals surface area contributed by atoms with Crippen LogP contribution in [0.3, 0.4) is 0 Å². The lowest BCUT2D eigenvalue weighted by molar-refractivity contribution is -0.144. The number of ether oxygens (including phenoxy) is 3. The molecule has 3 aliphatic rings. The highest BCUT2D eigenvalue weighted by Crippen LogP contribution is 2.55. The Morgan fingerprint density at radius 3 is 2.47 bits per heavy atom. The molecule has 11 heteroatoms. The first-order valence-electron chi connectivity index (χ1n) is 10.9. The van der Waals surface area contributed by atoms with Crippen molar-refractivity contribution in [3.63, 3.8) is 0 Å². The summed E-state index contributed by atoms with van der Waals surface area (Å²) in [5, 5.41) is 6.07. The summed E-state index contributed by atoms with van der Waals surface area (Å²) in [6.45, 7) is 2.27. The van der Waals surface area contributed by atoms with Gasteiger partial charge in [0.15, 0.2) is 5.70 Å². The molecule has 0 saturated carbocycles. The van der Waals surface area contributed by atoms with E-state index in [1.807, 2.05) is 31.2 Å². The van der Waals surface area contributed by atoms with Crippen molar-refractivity contribution in [1.29, 1.82) is 0 Å². The zero-order valence-corrected chi connectivity index (χ0v) is 19.3. The van der Waals surface area contributed by atoms with Gasteiger partial charge in [-0.05, 0) is 24.5 Å². The first-order chi connectivity index (χ1) is 16.3. The van der Waals surface area contributed by atoms with Crippen molar-refractivity contribution in [2.45, 2.75) is 37.3 Å². The first-order valence-corrected chi connectivity index (χ1v) is 10.9. The summed E-state index contributed by atoms with van der Waals surface area (Å²) in [5.74, 6) is -2.11. The Balaban J connectivity index is 2.01. The number of hydrogen-bond donors (Lipinski definition) is 2. The summed E-state index contributed by atoms with van der Waals surface area (Å²) in [7, 11) is 3.61. The number of methoxy groups -OCH3 is 3. The lowest BCUT2D eigenvalue weighted by atomic mass is 9.69. The largest absolute Gasteiger partial charge is 0.467 e. The average Bonchev–Trinajstić information content (AvgIpc) is 3.38. The maximum atomic E-state index is 13.3. The normalized spacial score (nSPS) is 24.2. The third-order valence-electron chi connectivity index (χ3n) is 6.42. The summed E-state index contributed by atoms with van der Waals surface area (Å²) >= 11 is 0. The molecule has 0 bridgehead atoms. The van der Waals surface area contributed by atoms with Gasteiger partial charge in [0.1, 0.15) is 11.9 Å². The molecule has 1 aromatic carbocycles. The van der Waals surface area contributed by atoms with E-state index in [9.17, 15) is 19.2 Å². The molecule has 3 atom stereocenters. The van der Waals surface area contributed by atoms with Crippen molar-refractivity contribution in [3.05, 3.63) is 41.1 Å². The van der Waals surface area contributed by atoms with Crippen molar-refractivity contribution >= 4 is 35.5 Å². The van der Waals surface area contributed by atoms with Crippen LogP contribution in [0.25, 0.3) is 0 Å². The number of hydrogen-bond acceptors (Lipinski definition) is 9. The predicted molar refractivity (Wildman–Crippen MR) is 120 cm³/mol. The molecule has 4 rings (SSSR count). The number of nitrogens with zero attached hydrogens (tertiary/aromatic N) is 2. The Bertz CT molecular complexity index is 1130. The molecule has 0 unspecified atom stereocenters. The van der Waals surface area contributed by atoms with Gasteiger partial charge in [0.05, 0.1) is 38.4 Å². The van der Waals surface area contributed by atoms with Gasteiger partial charge in [0, 0.05) is 12.2 Å². The molecule has 3 heterocycles. The van der Waals surface area contributed by atoms with E-state index in [1.165, 1.54) is 26.2 Å². The Labute approximate surface area is 196 Å². The second-order valence-corrected chi connectivity index (χ2v) is 8.12. The summed E-state index contributed by atoms with van der Waals surface area (Å²) in [6, 6.07) is 4.87. The number of para-hydroxylation sites is 1. The Hall–Kier alpha value is -3.89. The van der Waals surface area contributed by atoms with Crippen LogP contribution in [0.4, 0.5) is 10.5 Å². The molecule has 3 aliphatic heterocycles. The van der Waals surface area contributed by atoms with Crippen molar-refractivity contribution in [3.8, 4) is 0 Å². The highest BCUT2D eigenvalue weighted by molar-refractivity contribution is 6.17. The summed E-state index contributed by atoms with van der Waals surface area (Å²) in [5.41, 5.74) is -0.00575. The number of carbonyl (C=O) groups excluding carboxylic acids is 4. The third-order valence-corrected chi connectivity index (χ3v) is 6.42. The number of aliphatic imine (C=N–C) groups is 1. The summed E-state index contributed by atoms with van der Waals surface area (Å²) in [4.78, 5) is 57.6. The van der Waals surface area contributed by atoms with Gasteiger partial charge in [0.2, 0.25) is 0 Å². The molecule has 0 aromatic heterocycles. The van der Waals surface area contributed by atoms with Gasteiger partial charge in [0.25, 0.3) is 0 Å². The molecule has 34 heavy (non-hydrogen) atoms. The number of benzene rings is 1. The van der Waals surface area contributed by atoms with Crippen LogP contribution in [0.1, 0.15) is 25.3 Å². The number of likely N-dealkylation sites (tertiary alicyclic amines) is 1. The number of carbonyl (C=O) groups is 4. The van der Waals surface area contributed by atoms with Gasteiger partial charge < -0.3 is 24.8 Å². The zero-order chi connectivity index (χ0) is 24.6. The molecule has 2 N–H and O–H groups in total. The van der Waals surface area contributed by atoms with Crippen molar-refractivity contribution in [1.82, 2.24) is 10.2 Å². The minimum atomic E-state index is -1.11. The van der Waals surface area contributed by atoms with Crippen LogP contribution in [0.2, 0.25) is 0 Å². The topological polar surface area (TPSA) is 136 Å². The lowest BCUT2D eigenvalue weighted by Crippen LogP contribution is -2.54. The van der Waals surface area contributed by atoms with Crippen molar-refractivity contribution in [2.24, 2.45) is 4.99 Å². The van der Waals surface area contributed by atoms with E-state index in [2.05, 4.69) is 15.6 Å². The Kier molecular flexibility index (Phi) is 6.03. The number of fused-ring (bicyclic) bond motifs is 1. The summed E-state index contributed by atoms with van der Waals surface area (Å²) < 4.78 is 14.9. The smallest absolute Gasteiger partial charge is 0.357 e. The SMILES string of the molecule is CCCNC(=O)N1C2=NC(C(=O)OC)=C(C(=O)OC)[C@@H]3Nc4ccccc4[C@]23C[C@H]1C(=O)OC. The Morgan fingerprint density at radius 2 is 1.82 bits per heavy atom. The quantitative estimate of drug-likeness (QED) is 0.482. The molecule has 1 saturated heterocycles. The monoisotopic (exact) mass is 470 g/mol. The van der Waals surface area contributed by atoms with E-state index in [0.717, 1.165) is 5.56 Å². The third kappa shape index (κ3) is 3.22. The van der Waals surface area contributed by atoms with Crippen LogP contribution < -0.4 is 10.6 Å². The standard InChI is InChI=1S/C23H26N4O7/c1-5-10-24-22(31)27-14(18(28)32-2)11-23-12-8-6-7-9-13(12)25-17(23)15(19(29)33-3)16(20(30)34-4)26-21(23)27/h6-9,14,17,25H,5,10-11H2,1-4H3,(H,24,31)/t14-,17-,23-/m0/s1. The molecule has 1 fully saturated rings. The molecular formula is C23H26N4O7. The highest BCUT2D eigenvalue weighted by atomic mass is 16.5. The van der Waals surface area contributed by atoms with Gasteiger partial charge in [-0.15, -0.1) is 0 Å².